The van der Waals surface area contributed by atoms with E-state index in [1.54, 1.807) is 52.1 Å². The van der Waals surface area contributed by atoms with Crippen LogP contribution in [0.2, 0.25) is 0 Å². The number of ketones is 3. The Kier molecular flexibility index (Phi) is 20.8. The van der Waals surface area contributed by atoms with Crippen molar-refractivity contribution < 1.29 is 57.9 Å². The van der Waals surface area contributed by atoms with Crippen molar-refractivity contribution in [2.24, 2.45) is 35.5 Å². The van der Waals surface area contributed by atoms with Gasteiger partial charge in [0.05, 0.1) is 30.5 Å². The number of aromatic nitrogens is 4. The fraction of sp³-hybridized carbons (Fsp3) is 0.731. The van der Waals surface area contributed by atoms with Gasteiger partial charge in [-0.25, -0.2) is 9.48 Å². The number of piperidine rings is 1. The molecule has 3 fully saturated rings. The van der Waals surface area contributed by atoms with E-state index in [9.17, 15) is 34.2 Å². The van der Waals surface area contributed by atoms with Crippen molar-refractivity contribution in [3.8, 4) is 0 Å². The van der Waals surface area contributed by atoms with Gasteiger partial charge >= 0.3 is 5.97 Å². The van der Waals surface area contributed by atoms with Gasteiger partial charge in [-0.05, 0) is 117 Å². The van der Waals surface area contributed by atoms with Gasteiger partial charge in [0.15, 0.2) is 11.6 Å². The molecule has 4 unspecified atom stereocenters. The average molecular weight is 966 g/mol. The zero-order valence-electron chi connectivity index (χ0n) is 42.5. The normalized spacial score (nSPS) is 37.1. The van der Waals surface area contributed by atoms with Crippen LogP contribution in [-0.2, 0) is 47.7 Å². The summed E-state index contributed by atoms with van der Waals surface area (Å²) in [4.78, 5) is 72.3. The Labute approximate surface area is 408 Å². The van der Waals surface area contributed by atoms with Gasteiger partial charge in [0.25, 0.3) is 11.7 Å². The largest absolute Gasteiger partial charge is 0.460 e. The number of fused-ring (bicyclic) bond motifs is 3. The number of Topliss-reactive ketones (excluding diaryl/α,β-unsaturated/α-hetero) is 3. The first-order chi connectivity index (χ1) is 32.8. The third-order valence-electron chi connectivity index (χ3n) is 15.2. The summed E-state index contributed by atoms with van der Waals surface area (Å²) < 4.78 is 31.6. The van der Waals surface area contributed by atoms with Crippen molar-refractivity contribution >= 4 is 29.2 Å². The molecule has 3 aliphatic heterocycles. The molecule has 1 aliphatic carbocycles. The molecule has 17 nitrogen and oxygen atoms in total. The smallest absolute Gasteiger partial charge is 0.329 e. The molecule has 2 bridgehead atoms. The van der Waals surface area contributed by atoms with Crippen LogP contribution in [0.15, 0.2) is 53.9 Å². The van der Waals surface area contributed by atoms with Crippen LogP contribution < -0.4 is 0 Å². The van der Waals surface area contributed by atoms with Gasteiger partial charge in [-0.3, -0.25) is 19.2 Å². The minimum atomic E-state index is -2.43. The minimum absolute atomic E-state index is 0.0197. The summed E-state index contributed by atoms with van der Waals surface area (Å²) in [6.07, 6.45) is 14.0. The number of carbonyl (C=O) groups excluding carboxylic acids is 5. The molecule has 384 valence electrons. The second kappa shape index (κ2) is 25.7. The lowest BCUT2D eigenvalue weighted by atomic mass is 9.77. The van der Waals surface area contributed by atoms with E-state index in [0.717, 1.165) is 18.4 Å². The monoisotopic (exact) mass is 966 g/mol. The fourth-order valence-corrected chi connectivity index (χ4v) is 10.8. The number of hydrogen-bond acceptors (Lipinski definition) is 15. The number of aliphatic hydroxyl groups excluding tert-OH is 1. The van der Waals surface area contributed by atoms with Gasteiger partial charge in [-0.2, -0.15) is 0 Å². The van der Waals surface area contributed by atoms with Gasteiger partial charge in [-0.15, -0.1) is 5.10 Å². The molecule has 0 aromatic carbocycles. The average Bonchev–Trinajstić information content (AvgIpc) is 3.88. The van der Waals surface area contributed by atoms with Gasteiger partial charge in [-0.1, -0.05) is 71.1 Å². The number of nitrogens with zero attached hydrogens (tertiary/aromatic N) is 5. The lowest BCUT2D eigenvalue weighted by Crippen LogP contribution is -2.61. The first-order valence-corrected chi connectivity index (χ1v) is 25.0. The van der Waals surface area contributed by atoms with Crippen LogP contribution in [0.1, 0.15) is 132 Å². The van der Waals surface area contributed by atoms with E-state index >= 15 is 0 Å². The van der Waals surface area contributed by atoms with E-state index in [1.807, 2.05) is 58.1 Å². The maximum absolute atomic E-state index is 14.5. The highest BCUT2D eigenvalue weighted by Gasteiger charge is 2.53. The van der Waals surface area contributed by atoms with Crippen LogP contribution in [0.5, 0.6) is 0 Å². The van der Waals surface area contributed by atoms with E-state index in [0.29, 0.717) is 56.9 Å². The Bertz CT molecular complexity index is 2020. The summed E-state index contributed by atoms with van der Waals surface area (Å²) in [5.41, 5.74) is 1.20. The lowest BCUT2D eigenvalue weighted by Gasteiger charge is -2.42. The fourth-order valence-electron chi connectivity index (χ4n) is 10.8. The Hall–Kier alpha value is -4.26. The molecule has 0 spiro atoms. The highest BCUT2D eigenvalue weighted by atomic mass is 16.6. The van der Waals surface area contributed by atoms with Crippen LogP contribution in [0.4, 0.5) is 0 Å². The number of ether oxygens (including phenoxy) is 5. The predicted molar refractivity (Wildman–Crippen MR) is 256 cm³/mol. The SMILES string of the molecule is COC1C(=O)C(C)C[C@H](C)C=CC=CC=C(C)[C@@H](OC)CC2CC[C@@H](C)[C@@](O)(O2)C(=O)C(=O)N2CCCC[C@H]2C(=O)O[C@H]([C@H](C)C[C@@H]2CC[C@H](n3cnnn3)[C@H](OC)C2)CC(=O)/C(C)=C/C(C)[C@H]1O. The Balaban J connectivity index is 1.46. The second-order valence-electron chi connectivity index (χ2n) is 20.4. The van der Waals surface area contributed by atoms with Crippen LogP contribution in [-0.4, -0.2) is 141 Å². The number of esters is 1. The van der Waals surface area contributed by atoms with Crippen molar-refractivity contribution in [1.29, 1.82) is 0 Å². The third kappa shape index (κ3) is 14.2. The van der Waals surface area contributed by atoms with Gasteiger partial charge < -0.3 is 38.8 Å². The topological polar surface area (TPSA) is 219 Å². The third-order valence-corrected chi connectivity index (χ3v) is 15.2. The standard InChI is InChI=1S/C52H79N5O12/c1-31-16-12-11-13-17-32(2)43(65-8)28-39-21-19-37(7)52(64,69-39)49(61)50(62)56-23-15-14-18-41(56)51(63)68-44(34(4)26-38-20-22-40(45(27-38)66-9)57-30-53-54-55-57)29-42(58)33(3)25-36(6)47(60)48(67-10)46(59)35(5)24-31/h11-13,16-17,25,30-31,34-41,43-45,47-48,60,64H,14-15,18-24,26-29H2,1-10H3/b13-11?,16-12?,32-17?,33-25+/t31-,34-,35?,36?,37-,38+,39?,40+,41+,43+,44+,45-,47-,48?,52-/m1/s1. The Morgan fingerprint density at radius 1 is 0.899 bits per heavy atom. The number of rotatable bonds is 7. The van der Waals surface area contributed by atoms with Crippen molar-refractivity contribution in [2.45, 2.75) is 180 Å². The van der Waals surface area contributed by atoms with E-state index in [1.165, 1.54) is 12.0 Å². The maximum atomic E-state index is 14.5. The molecule has 15 atom stereocenters. The Morgan fingerprint density at radius 2 is 1.65 bits per heavy atom. The van der Waals surface area contributed by atoms with E-state index in [4.69, 9.17) is 23.7 Å². The zero-order chi connectivity index (χ0) is 50.6. The zero-order valence-corrected chi connectivity index (χ0v) is 42.5. The summed E-state index contributed by atoms with van der Waals surface area (Å²) >= 11 is 0. The van der Waals surface area contributed by atoms with Crippen LogP contribution >= 0.6 is 0 Å². The maximum Gasteiger partial charge on any atom is 0.329 e. The van der Waals surface area contributed by atoms with Gasteiger partial charge in [0.2, 0.25) is 5.79 Å². The van der Waals surface area contributed by atoms with Gasteiger partial charge in [0, 0.05) is 58.5 Å². The molecule has 1 aromatic rings. The second-order valence-corrected chi connectivity index (χ2v) is 20.4. The molecule has 4 aliphatic rings. The molecule has 0 radical (unpaired) electrons. The number of amides is 1. The van der Waals surface area contributed by atoms with Crippen LogP contribution in [0.25, 0.3) is 0 Å². The summed E-state index contributed by atoms with van der Waals surface area (Å²) in [7, 11) is 4.63. The van der Waals surface area contributed by atoms with Crippen molar-refractivity contribution in [3.05, 3.63) is 53.9 Å². The molecule has 17 heteroatoms. The van der Waals surface area contributed by atoms with Crippen molar-refractivity contribution in [3.63, 3.8) is 0 Å². The molecule has 5 rings (SSSR count). The minimum Gasteiger partial charge on any atom is -0.460 e. The van der Waals surface area contributed by atoms with Crippen LogP contribution in [0.3, 0.4) is 0 Å². The molecule has 1 amide bonds. The van der Waals surface area contributed by atoms with Gasteiger partial charge in [0.1, 0.15) is 24.6 Å². The van der Waals surface area contributed by atoms with Crippen LogP contribution in [0, 0.1) is 35.5 Å². The number of aliphatic hydroxyl groups is 2. The number of carbonyl (C=O) groups is 5. The molecule has 4 heterocycles. The van der Waals surface area contributed by atoms with Crippen molar-refractivity contribution in [2.75, 3.05) is 27.9 Å². The molecular formula is C52H79N5O12. The molecule has 2 saturated heterocycles. The number of methoxy groups -OCH3 is 3. The number of cyclic esters (lactones) is 1. The summed E-state index contributed by atoms with van der Waals surface area (Å²) in [6.45, 7) is 12.8. The first kappa shape index (κ1) is 55.7. The van der Waals surface area contributed by atoms with E-state index in [-0.39, 0.29) is 60.9 Å². The number of tetrazole rings is 1. The molecular weight excluding hydrogens is 887 g/mol. The Morgan fingerprint density at radius 3 is 2.33 bits per heavy atom. The quantitative estimate of drug-likeness (QED) is 0.235. The highest BCUT2D eigenvalue weighted by molar-refractivity contribution is 6.39. The number of allylic oxidation sites excluding steroid dienone is 6. The predicted octanol–water partition coefficient (Wildman–Crippen LogP) is 6.05. The molecule has 2 N–H and O–H groups in total. The molecule has 1 saturated carbocycles. The highest BCUT2D eigenvalue weighted by Crippen LogP contribution is 2.39. The first-order valence-electron chi connectivity index (χ1n) is 25.0. The lowest BCUT2D eigenvalue weighted by molar-refractivity contribution is -0.265. The molecule has 1 aromatic heterocycles. The molecule has 69 heavy (non-hydrogen) atoms. The summed E-state index contributed by atoms with van der Waals surface area (Å²) in [5, 5.41) is 35.2. The van der Waals surface area contributed by atoms with E-state index in [2.05, 4.69) is 15.5 Å². The van der Waals surface area contributed by atoms with Crippen molar-refractivity contribution in [1.82, 2.24) is 25.1 Å². The van der Waals surface area contributed by atoms with E-state index < -0.39 is 77.8 Å². The number of hydrogen-bond donors (Lipinski definition) is 2. The summed E-state index contributed by atoms with van der Waals surface area (Å²) in [5.74, 6) is -7.89. The summed E-state index contributed by atoms with van der Waals surface area (Å²) in [6, 6.07) is -1.20.